The lowest BCUT2D eigenvalue weighted by Crippen LogP contribution is -2.32. The normalized spacial score (nSPS) is 11.2. The number of rotatable bonds is 9. The first-order valence-corrected chi connectivity index (χ1v) is 7.10. The van der Waals surface area contributed by atoms with Gasteiger partial charge in [0, 0.05) is 13.6 Å². The summed E-state index contributed by atoms with van der Waals surface area (Å²) in [6.07, 6.45) is 9.20. The van der Waals surface area contributed by atoms with Gasteiger partial charge in [-0.1, -0.05) is 39.0 Å². The van der Waals surface area contributed by atoms with Gasteiger partial charge in [-0.05, 0) is 6.42 Å². The van der Waals surface area contributed by atoms with E-state index in [1.54, 1.807) is 4.68 Å². The summed E-state index contributed by atoms with van der Waals surface area (Å²) in [6, 6.07) is 0. The van der Waals surface area contributed by atoms with Crippen LogP contribution in [-0.2, 0) is 13.6 Å². The second-order valence-electron chi connectivity index (χ2n) is 4.70. The van der Waals surface area contributed by atoms with Crippen LogP contribution in [-0.4, -0.2) is 27.3 Å². The quantitative estimate of drug-likeness (QED) is 0.291. The highest BCUT2D eigenvalue weighted by molar-refractivity contribution is 14.0. The fourth-order valence-electron chi connectivity index (χ4n) is 1.80. The summed E-state index contributed by atoms with van der Waals surface area (Å²) < 4.78 is 1.70. The van der Waals surface area contributed by atoms with E-state index >= 15 is 0 Å². The molecule has 1 heterocycles. The molecule has 0 aliphatic carbocycles. The van der Waals surface area contributed by atoms with Crippen molar-refractivity contribution >= 4 is 29.9 Å². The van der Waals surface area contributed by atoms with E-state index < -0.39 is 0 Å². The average Bonchev–Trinajstić information content (AvgIpc) is 2.81. The number of aromatic nitrogens is 3. The van der Waals surface area contributed by atoms with Crippen LogP contribution in [0.4, 0.5) is 0 Å². The number of nitrogens with zero attached hydrogens (tertiary/aromatic N) is 4. The monoisotopic (exact) mass is 394 g/mol. The Morgan fingerprint density at radius 1 is 1.30 bits per heavy atom. The van der Waals surface area contributed by atoms with Crippen LogP contribution in [0.2, 0.25) is 0 Å². The molecule has 0 saturated carbocycles. The first-order valence-electron chi connectivity index (χ1n) is 7.10. The van der Waals surface area contributed by atoms with E-state index in [9.17, 15) is 0 Å². The van der Waals surface area contributed by atoms with E-state index in [1.165, 1.54) is 38.4 Å². The Hall–Kier alpha value is -0.860. The van der Waals surface area contributed by atoms with Gasteiger partial charge in [0.15, 0.2) is 5.96 Å². The summed E-state index contributed by atoms with van der Waals surface area (Å²) in [7, 11) is 1.85. The van der Waals surface area contributed by atoms with Crippen LogP contribution in [0.3, 0.4) is 0 Å². The summed E-state index contributed by atoms with van der Waals surface area (Å²) in [4.78, 5) is 8.32. The lowest BCUT2D eigenvalue weighted by atomic mass is 10.1. The SMILES string of the molecule is CCCCCCCCNC(N)=NCc1ncnn1C.I. The van der Waals surface area contributed by atoms with Gasteiger partial charge in [-0.15, -0.1) is 24.0 Å². The minimum Gasteiger partial charge on any atom is -0.370 e. The Morgan fingerprint density at radius 2 is 2.00 bits per heavy atom. The highest BCUT2D eigenvalue weighted by Crippen LogP contribution is 2.03. The molecule has 0 aliphatic heterocycles. The fraction of sp³-hybridized carbons (Fsp3) is 0.769. The summed E-state index contributed by atoms with van der Waals surface area (Å²) >= 11 is 0. The molecule has 7 heteroatoms. The van der Waals surface area contributed by atoms with Crippen molar-refractivity contribution in [1.82, 2.24) is 20.1 Å². The van der Waals surface area contributed by atoms with Gasteiger partial charge in [-0.3, -0.25) is 4.68 Å². The van der Waals surface area contributed by atoms with Gasteiger partial charge in [-0.2, -0.15) is 5.10 Å². The number of halogens is 1. The van der Waals surface area contributed by atoms with Gasteiger partial charge in [0.1, 0.15) is 18.7 Å². The van der Waals surface area contributed by atoms with Gasteiger partial charge in [0.25, 0.3) is 0 Å². The summed E-state index contributed by atoms with van der Waals surface area (Å²) in [5.74, 6) is 1.29. The van der Waals surface area contributed by atoms with Crippen LogP contribution in [0.25, 0.3) is 0 Å². The van der Waals surface area contributed by atoms with Crippen molar-refractivity contribution in [1.29, 1.82) is 0 Å². The zero-order valence-corrected chi connectivity index (χ0v) is 14.8. The smallest absolute Gasteiger partial charge is 0.189 e. The van der Waals surface area contributed by atoms with Gasteiger partial charge in [-0.25, -0.2) is 9.98 Å². The van der Waals surface area contributed by atoms with Crippen LogP contribution in [0.15, 0.2) is 11.3 Å². The highest BCUT2D eigenvalue weighted by Gasteiger charge is 1.99. The van der Waals surface area contributed by atoms with Crippen molar-refractivity contribution < 1.29 is 0 Å². The molecule has 6 nitrogen and oxygen atoms in total. The molecular formula is C13H27IN6. The lowest BCUT2D eigenvalue weighted by molar-refractivity contribution is 0.601. The predicted octanol–water partition coefficient (Wildman–Crippen LogP) is 2.20. The predicted molar refractivity (Wildman–Crippen MR) is 93.1 cm³/mol. The number of aliphatic imine (C=N–C) groups is 1. The maximum absolute atomic E-state index is 5.78. The molecule has 1 aromatic heterocycles. The van der Waals surface area contributed by atoms with E-state index in [0.717, 1.165) is 18.8 Å². The Labute approximate surface area is 138 Å². The Kier molecular flexibility index (Phi) is 11.4. The van der Waals surface area contributed by atoms with Crippen molar-refractivity contribution in [2.24, 2.45) is 17.8 Å². The number of guanidine groups is 1. The molecule has 20 heavy (non-hydrogen) atoms. The number of nitrogens with two attached hydrogens (primary N) is 1. The summed E-state index contributed by atoms with van der Waals surface area (Å²) in [5.41, 5.74) is 5.78. The Balaban J connectivity index is 0.00000361. The molecule has 3 N–H and O–H groups in total. The first-order chi connectivity index (χ1) is 9.24. The zero-order valence-electron chi connectivity index (χ0n) is 12.5. The van der Waals surface area contributed by atoms with E-state index in [4.69, 9.17) is 5.73 Å². The van der Waals surface area contributed by atoms with Crippen molar-refractivity contribution in [3.8, 4) is 0 Å². The number of hydrogen-bond acceptors (Lipinski definition) is 3. The van der Waals surface area contributed by atoms with Crippen LogP contribution in [0.1, 0.15) is 51.3 Å². The zero-order chi connectivity index (χ0) is 13.9. The van der Waals surface area contributed by atoms with Gasteiger partial charge in [0.2, 0.25) is 0 Å². The number of hydrogen-bond donors (Lipinski definition) is 2. The third-order valence-electron chi connectivity index (χ3n) is 3.03. The molecule has 0 bridgehead atoms. The average molecular weight is 394 g/mol. The van der Waals surface area contributed by atoms with Crippen LogP contribution < -0.4 is 11.1 Å². The molecule has 0 spiro atoms. The van der Waals surface area contributed by atoms with Gasteiger partial charge in [0.05, 0.1) is 0 Å². The van der Waals surface area contributed by atoms with Crippen molar-refractivity contribution in [3.05, 3.63) is 12.2 Å². The van der Waals surface area contributed by atoms with Crippen molar-refractivity contribution in [2.75, 3.05) is 6.54 Å². The van der Waals surface area contributed by atoms with Crippen molar-refractivity contribution in [2.45, 2.75) is 52.0 Å². The maximum atomic E-state index is 5.78. The third kappa shape index (κ3) is 8.34. The lowest BCUT2D eigenvalue weighted by Gasteiger charge is -2.05. The molecule has 0 atom stereocenters. The largest absolute Gasteiger partial charge is 0.370 e. The van der Waals surface area contributed by atoms with Gasteiger partial charge < -0.3 is 11.1 Å². The second-order valence-corrected chi connectivity index (χ2v) is 4.70. The molecule has 0 radical (unpaired) electrons. The standard InChI is InChI=1S/C13H26N6.HI/c1-3-4-5-6-7-8-9-15-13(14)16-10-12-17-11-18-19(12)2;/h11H,3-10H2,1-2H3,(H3,14,15,16);1H. The minimum absolute atomic E-state index is 0. The Morgan fingerprint density at radius 3 is 2.65 bits per heavy atom. The minimum atomic E-state index is 0. The number of aryl methyl sites for hydroxylation is 1. The van der Waals surface area contributed by atoms with E-state index in [-0.39, 0.29) is 24.0 Å². The summed E-state index contributed by atoms with van der Waals surface area (Å²) in [6.45, 7) is 3.59. The Bertz CT molecular complexity index is 377. The number of unbranched alkanes of at least 4 members (excludes halogenated alkanes) is 5. The topological polar surface area (TPSA) is 81.1 Å². The molecule has 0 aliphatic rings. The molecule has 0 unspecified atom stereocenters. The third-order valence-corrected chi connectivity index (χ3v) is 3.03. The summed E-state index contributed by atoms with van der Waals surface area (Å²) in [5, 5.41) is 7.11. The molecule has 0 fully saturated rings. The molecule has 0 amide bonds. The van der Waals surface area contributed by atoms with E-state index in [1.807, 2.05) is 7.05 Å². The fourth-order valence-corrected chi connectivity index (χ4v) is 1.80. The van der Waals surface area contributed by atoms with Crippen molar-refractivity contribution in [3.63, 3.8) is 0 Å². The first kappa shape index (κ1) is 19.1. The maximum Gasteiger partial charge on any atom is 0.189 e. The number of nitrogens with one attached hydrogen (secondary N) is 1. The van der Waals surface area contributed by atoms with Crippen LogP contribution >= 0.6 is 24.0 Å². The molecule has 116 valence electrons. The second kappa shape index (κ2) is 11.9. The van der Waals surface area contributed by atoms with E-state index in [2.05, 4.69) is 27.3 Å². The highest BCUT2D eigenvalue weighted by atomic mass is 127. The van der Waals surface area contributed by atoms with E-state index in [0.29, 0.717) is 12.5 Å². The molecule has 0 saturated heterocycles. The molecule has 1 rings (SSSR count). The van der Waals surface area contributed by atoms with Crippen LogP contribution in [0, 0.1) is 0 Å². The molecule has 1 aromatic rings. The molecule has 0 aromatic carbocycles. The molecular weight excluding hydrogens is 367 g/mol. The van der Waals surface area contributed by atoms with Gasteiger partial charge >= 0.3 is 0 Å². The van der Waals surface area contributed by atoms with Crippen LogP contribution in [0.5, 0.6) is 0 Å².